The van der Waals surface area contributed by atoms with Gasteiger partial charge in [-0.2, -0.15) is 27.8 Å². The predicted molar refractivity (Wildman–Crippen MR) is 67.3 cm³/mol. The summed E-state index contributed by atoms with van der Waals surface area (Å²) < 4.78 is 53.0. The topological polar surface area (TPSA) is 48.7 Å². The maximum absolute atomic E-state index is 13.5. The average Bonchev–Trinajstić information content (AvgIpc) is 2.49. The van der Waals surface area contributed by atoms with Crippen LogP contribution in [0.5, 0.6) is 0 Å². The molecule has 0 spiro atoms. The summed E-state index contributed by atoms with van der Waals surface area (Å²) in [6.07, 6.45) is 0. The van der Waals surface area contributed by atoms with Crippen LogP contribution in [0.1, 0.15) is 24.1 Å². The molecule has 1 aromatic carbocycles. The monoisotopic (exact) mass is 295 g/mol. The largest absolute Gasteiger partial charge is 0.373 e. The Labute approximate surface area is 117 Å². The van der Waals surface area contributed by atoms with Crippen molar-refractivity contribution in [1.82, 2.24) is 4.98 Å². The van der Waals surface area contributed by atoms with Gasteiger partial charge in [0.05, 0.1) is 11.6 Å². The second kappa shape index (κ2) is 5.79. The van der Waals surface area contributed by atoms with Gasteiger partial charge in [0.1, 0.15) is 5.69 Å². The first-order valence-electron chi connectivity index (χ1n) is 5.90. The lowest BCUT2D eigenvalue weighted by atomic mass is 10.1. The molecule has 21 heavy (non-hydrogen) atoms. The lowest BCUT2D eigenvalue weighted by Gasteiger charge is -2.17. The normalized spacial score (nSPS) is 11.8. The number of nitrogens with one attached hydrogen (secondary N) is 1. The molecule has 1 N–H and O–H groups in total. The van der Waals surface area contributed by atoms with Crippen molar-refractivity contribution in [2.24, 2.45) is 0 Å². The SMILES string of the molecule is CC(Nc1c(F)c(F)nc(F)c1F)c1ccc(C#N)cc1. The molecule has 0 bridgehead atoms. The van der Waals surface area contributed by atoms with E-state index >= 15 is 0 Å². The number of nitrogens with zero attached hydrogens (tertiary/aromatic N) is 2. The van der Waals surface area contributed by atoms with Gasteiger partial charge in [-0.05, 0) is 24.6 Å². The maximum atomic E-state index is 13.5. The molecule has 0 fully saturated rings. The van der Waals surface area contributed by atoms with Crippen LogP contribution in [0.3, 0.4) is 0 Å². The van der Waals surface area contributed by atoms with E-state index < -0.39 is 35.3 Å². The summed E-state index contributed by atoms with van der Waals surface area (Å²) in [7, 11) is 0. The number of anilines is 1. The van der Waals surface area contributed by atoms with E-state index in [2.05, 4.69) is 10.3 Å². The van der Waals surface area contributed by atoms with Crippen LogP contribution in [0, 0.1) is 34.9 Å². The van der Waals surface area contributed by atoms with Crippen LogP contribution in [0.25, 0.3) is 0 Å². The van der Waals surface area contributed by atoms with E-state index in [0.717, 1.165) is 0 Å². The molecule has 108 valence electrons. The molecule has 1 atom stereocenters. The molecule has 0 aliphatic rings. The van der Waals surface area contributed by atoms with Crippen LogP contribution in [-0.4, -0.2) is 4.98 Å². The summed E-state index contributed by atoms with van der Waals surface area (Å²) in [6, 6.07) is 7.47. The molecule has 7 heteroatoms. The van der Waals surface area contributed by atoms with Gasteiger partial charge in [-0.3, -0.25) is 0 Å². The third-order valence-corrected chi connectivity index (χ3v) is 2.90. The molecule has 0 aliphatic heterocycles. The lowest BCUT2D eigenvalue weighted by Crippen LogP contribution is -2.13. The highest BCUT2D eigenvalue weighted by Gasteiger charge is 2.22. The zero-order valence-electron chi connectivity index (χ0n) is 10.8. The Morgan fingerprint density at radius 1 is 1.05 bits per heavy atom. The second-order valence-electron chi connectivity index (χ2n) is 4.30. The van der Waals surface area contributed by atoms with Crippen molar-refractivity contribution < 1.29 is 17.6 Å². The molecule has 0 aliphatic carbocycles. The number of pyridine rings is 1. The minimum absolute atomic E-state index is 0.421. The van der Waals surface area contributed by atoms with Crippen LogP contribution >= 0.6 is 0 Å². The number of halogens is 4. The van der Waals surface area contributed by atoms with Crippen LogP contribution in [0.4, 0.5) is 23.2 Å². The van der Waals surface area contributed by atoms with Gasteiger partial charge in [0.2, 0.25) is 11.6 Å². The Morgan fingerprint density at radius 3 is 2.05 bits per heavy atom. The first-order valence-corrected chi connectivity index (χ1v) is 5.90. The van der Waals surface area contributed by atoms with E-state index in [4.69, 9.17) is 5.26 Å². The molecule has 1 unspecified atom stereocenters. The third kappa shape index (κ3) is 2.94. The van der Waals surface area contributed by atoms with E-state index in [1.165, 1.54) is 12.1 Å². The molecule has 1 aromatic heterocycles. The van der Waals surface area contributed by atoms with Gasteiger partial charge in [0.15, 0.2) is 0 Å². The number of rotatable bonds is 3. The Bertz CT molecular complexity index is 681. The van der Waals surface area contributed by atoms with Crippen LogP contribution in [0.2, 0.25) is 0 Å². The fourth-order valence-electron chi connectivity index (χ4n) is 1.76. The first kappa shape index (κ1) is 14.8. The highest BCUT2D eigenvalue weighted by molar-refractivity contribution is 5.47. The maximum Gasteiger partial charge on any atom is 0.253 e. The number of nitriles is 1. The number of aromatic nitrogens is 1. The second-order valence-corrected chi connectivity index (χ2v) is 4.30. The summed E-state index contributed by atoms with van der Waals surface area (Å²) in [4.78, 5) is 2.48. The van der Waals surface area contributed by atoms with Gasteiger partial charge in [0.25, 0.3) is 11.9 Å². The molecule has 2 rings (SSSR count). The van der Waals surface area contributed by atoms with Crippen molar-refractivity contribution in [1.29, 1.82) is 5.26 Å². The zero-order chi connectivity index (χ0) is 15.6. The van der Waals surface area contributed by atoms with Crippen molar-refractivity contribution in [2.45, 2.75) is 13.0 Å². The van der Waals surface area contributed by atoms with E-state index in [9.17, 15) is 17.6 Å². The quantitative estimate of drug-likeness (QED) is 0.694. The molecule has 1 heterocycles. The Hall–Kier alpha value is -2.62. The fraction of sp³-hybridized carbons (Fsp3) is 0.143. The van der Waals surface area contributed by atoms with E-state index in [-0.39, 0.29) is 0 Å². The van der Waals surface area contributed by atoms with Gasteiger partial charge in [0, 0.05) is 6.04 Å². The lowest BCUT2D eigenvalue weighted by molar-refractivity contribution is 0.410. The van der Waals surface area contributed by atoms with Gasteiger partial charge in [-0.1, -0.05) is 12.1 Å². The number of hydrogen-bond donors (Lipinski definition) is 1. The Kier molecular flexibility index (Phi) is 4.08. The summed E-state index contributed by atoms with van der Waals surface area (Å²) in [5, 5.41) is 11.0. The minimum atomic E-state index is -1.72. The van der Waals surface area contributed by atoms with Crippen molar-refractivity contribution in [3.63, 3.8) is 0 Å². The highest BCUT2D eigenvalue weighted by Crippen LogP contribution is 2.26. The van der Waals surface area contributed by atoms with Crippen molar-refractivity contribution in [3.05, 3.63) is 58.9 Å². The Balaban J connectivity index is 2.31. The number of hydrogen-bond acceptors (Lipinski definition) is 3. The predicted octanol–water partition coefficient (Wildman–Crippen LogP) is 3.68. The molecule has 0 saturated heterocycles. The molecule has 0 amide bonds. The van der Waals surface area contributed by atoms with Crippen LogP contribution in [0.15, 0.2) is 24.3 Å². The van der Waals surface area contributed by atoms with Gasteiger partial charge in [-0.15, -0.1) is 0 Å². The van der Waals surface area contributed by atoms with Gasteiger partial charge >= 0.3 is 0 Å². The summed E-state index contributed by atoms with van der Waals surface area (Å²) in [5.74, 6) is -6.62. The van der Waals surface area contributed by atoms with Gasteiger partial charge < -0.3 is 5.32 Å². The van der Waals surface area contributed by atoms with E-state index in [1.54, 1.807) is 19.1 Å². The molecule has 2 aromatic rings. The smallest absolute Gasteiger partial charge is 0.253 e. The first-order chi connectivity index (χ1) is 9.93. The van der Waals surface area contributed by atoms with Crippen LogP contribution < -0.4 is 5.32 Å². The zero-order valence-corrected chi connectivity index (χ0v) is 10.8. The molecule has 0 saturated carbocycles. The van der Waals surface area contributed by atoms with Crippen molar-refractivity contribution in [3.8, 4) is 6.07 Å². The summed E-state index contributed by atoms with van der Waals surface area (Å²) in [5.41, 5.74) is 0.0894. The molecular weight excluding hydrogens is 286 g/mol. The third-order valence-electron chi connectivity index (χ3n) is 2.90. The van der Waals surface area contributed by atoms with E-state index in [1.807, 2.05) is 6.07 Å². The minimum Gasteiger partial charge on any atom is -0.373 e. The Morgan fingerprint density at radius 2 is 1.57 bits per heavy atom. The van der Waals surface area contributed by atoms with E-state index in [0.29, 0.717) is 11.1 Å². The van der Waals surface area contributed by atoms with Gasteiger partial charge in [-0.25, -0.2) is 0 Å². The summed E-state index contributed by atoms with van der Waals surface area (Å²) in [6.45, 7) is 1.55. The molecule has 0 radical (unpaired) electrons. The summed E-state index contributed by atoms with van der Waals surface area (Å²) >= 11 is 0. The molecular formula is C14H9F4N3. The number of benzene rings is 1. The standard InChI is InChI=1S/C14H9F4N3/c1-7(9-4-2-8(6-19)3-5-9)20-12-10(15)13(17)21-14(18)11(12)16/h2-5,7H,1H3,(H,20,21). The van der Waals surface area contributed by atoms with Crippen molar-refractivity contribution in [2.75, 3.05) is 5.32 Å². The van der Waals surface area contributed by atoms with Crippen molar-refractivity contribution >= 4 is 5.69 Å². The highest BCUT2D eigenvalue weighted by atomic mass is 19.2. The average molecular weight is 295 g/mol. The molecule has 3 nitrogen and oxygen atoms in total. The fourth-order valence-corrected chi connectivity index (χ4v) is 1.76. The van der Waals surface area contributed by atoms with Crippen LogP contribution in [-0.2, 0) is 0 Å².